The molecule has 0 saturated carbocycles. The molecular formula is C19H25N. The van der Waals surface area contributed by atoms with E-state index in [-0.39, 0.29) is 0 Å². The van der Waals surface area contributed by atoms with Crippen molar-refractivity contribution in [1.29, 1.82) is 0 Å². The first-order valence-corrected chi connectivity index (χ1v) is 7.42. The summed E-state index contributed by atoms with van der Waals surface area (Å²) in [6, 6.07) is 17.5. The molecule has 0 aromatic heterocycles. The van der Waals surface area contributed by atoms with Gasteiger partial charge in [0.15, 0.2) is 0 Å². The van der Waals surface area contributed by atoms with Crippen LogP contribution in [0.25, 0.3) is 0 Å². The SMILES string of the molecule is CC(C)c1cc(C(C)C)cc(N(C)c2ccccc2)c1. The van der Waals surface area contributed by atoms with Crippen molar-refractivity contribution in [2.24, 2.45) is 0 Å². The van der Waals surface area contributed by atoms with Crippen LogP contribution in [0.1, 0.15) is 50.7 Å². The number of rotatable bonds is 4. The summed E-state index contributed by atoms with van der Waals surface area (Å²) in [6.07, 6.45) is 0. The average Bonchev–Trinajstić information content (AvgIpc) is 2.46. The van der Waals surface area contributed by atoms with Gasteiger partial charge in [0.05, 0.1) is 0 Å². The Morgan fingerprint density at radius 3 is 1.65 bits per heavy atom. The van der Waals surface area contributed by atoms with Crippen molar-refractivity contribution in [1.82, 2.24) is 0 Å². The van der Waals surface area contributed by atoms with Gasteiger partial charge in [-0.1, -0.05) is 52.0 Å². The van der Waals surface area contributed by atoms with Crippen molar-refractivity contribution >= 4 is 11.4 Å². The smallest absolute Gasteiger partial charge is 0.0413 e. The molecule has 0 N–H and O–H groups in total. The fourth-order valence-electron chi connectivity index (χ4n) is 2.32. The van der Waals surface area contributed by atoms with E-state index in [9.17, 15) is 0 Å². The highest BCUT2D eigenvalue weighted by Gasteiger charge is 2.10. The fourth-order valence-corrected chi connectivity index (χ4v) is 2.32. The molecule has 1 heteroatoms. The lowest BCUT2D eigenvalue weighted by molar-refractivity contribution is 0.833. The quantitative estimate of drug-likeness (QED) is 0.686. The van der Waals surface area contributed by atoms with Gasteiger partial charge in [-0.05, 0) is 47.2 Å². The van der Waals surface area contributed by atoms with Gasteiger partial charge in [-0.25, -0.2) is 0 Å². The maximum Gasteiger partial charge on any atom is 0.0413 e. The standard InChI is InChI=1S/C19H25N/c1-14(2)16-11-17(15(3)4)13-19(12-16)20(5)18-9-7-6-8-10-18/h6-15H,1-5H3. The van der Waals surface area contributed by atoms with Crippen LogP contribution in [0.4, 0.5) is 11.4 Å². The summed E-state index contributed by atoms with van der Waals surface area (Å²) < 4.78 is 0. The van der Waals surface area contributed by atoms with Crippen LogP contribution in [0, 0.1) is 0 Å². The molecule has 0 amide bonds. The van der Waals surface area contributed by atoms with Gasteiger partial charge >= 0.3 is 0 Å². The molecule has 0 fully saturated rings. The van der Waals surface area contributed by atoms with E-state index in [0.717, 1.165) is 0 Å². The van der Waals surface area contributed by atoms with Crippen molar-refractivity contribution in [3.05, 3.63) is 59.7 Å². The van der Waals surface area contributed by atoms with Crippen LogP contribution in [0.3, 0.4) is 0 Å². The molecule has 2 aromatic rings. The Bertz CT molecular complexity index is 529. The summed E-state index contributed by atoms with van der Waals surface area (Å²) in [6.45, 7) is 9.02. The minimum atomic E-state index is 0.552. The highest BCUT2D eigenvalue weighted by molar-refractivity contribution is 5.64. The van der Waals surface area contributed by atoms with Gasteiger partial charge in [0.2, 0.25) is 0 Å². The zero-order valence-electron chi connectivity index (χ0n) is 13.2. The summed E-state index contributed by atoms with van der Waals surface area (Å²) >= 11 is 0. The van der Waals surface area contributed by atoms with E-state index in [4.69, 9.17) is 0 Å². The van der Waals surface area contributed by atoms with E-state index in [0.29, 0.717) is 11.8 Å². The van der Waals surface area contributed by atoms with Gasteiger partial charge in [0, 0.05) is 18.4 Å². The summed E-state index contributed by atoms with van der Waals surface area (Å²) in [5, 5.41) is 0. The zero-order chi connectivity index (χ0) is 14.7. The Morgan fingerprint density at radius 1 is 0.700 bits per heavy atom. The van der Waals surface area contributed by atoms with E-state index in [2.05, 4.69) is 88.2 Å². The predicted molar refractivity (Wildman–Crippen MR) is 89.1 cm³/mol. The zero-order valence-corrected chi connectivity index (χ0v) is 13.2. The largest absolute Gasteiger partial charge is 0.345 e. The third-order valence-corrected chi connectivity index (χ3v) is 3.83. The maximum absolute atomic E-state index is 2.34. The first kappa shape index (κ1) is 14.6. The van der Waals surface area contributed by atoms with Crippen molar-refractivity contribution in [3.8, 4) is 0 Å². The second-order valence-corrected chi connectivity index (χ2v) is 6.06. The molecule has 0 spiro atoms. The van der Waals surface area contributed by atoms with E-state index in [1.54, 1.807) is 0 Å². The van der Waals surface area contributed by atoms with E-state index in [1.165, 1.54) is 22.5 Å². The summed E-state index contributed by atoms with van der Waals surface area (Å²) in [5.41, 5.74) is 5.32. The summed E-state index contributed by atoms with van der Waals surface area (Å²) in [5.74, 6) is 1.10. The fraction of sp³-hybridized carbons (Fsp3) is 0.368. The Labute approximate surface area is 123 Å². The predicted octanol–water partition coefficient (Wildman–Crippen LogP) is 5.70. The van der Waals surface area contributed by atoms with Crippen molar-refractivity contribution in [2.75, 3.05) is 11.9 Å². The summed E-state index contributed by atoms with van der Waals surface area (Å²) in [7, 11) is 2.14. The van der Waals surface area contributed by atoms with Gasteiger partial charge in [-0.3, -0.25) is 0 Å². The summed E-state index contributed by atoms with van der Waals surface area (Å²) in [4.78, 5) is 2.26. The number of benzene rings is 2. The first-order valence-electron chi connectivity index (χ1n) is 7.42. The highest BCUT2D eigenvalue weighted by Crippen LogP contribution is 2.30. The molecule has 0 saturated heterocycles. The molecule has 0 aliphatic carbocycles. The van der Waals surface area contributed by atoms with Crippen LogP contribution < -0.4 is 4.90 Å². The first-order chi connectivity index (χ1) is 9.49. The van der Waals surface area contributed by atoms with E-state index in [1.807, 2.05) is 0 Å². The van der Waals surface area contributed by atoms with Crippen LogP contribution in [-0.2, 0) is 0 Å². The molecule has 0 aliphatic heterocycles. The van der Waals surface area contributed by atoms with Crippen LogP contribution in [-0.4, -0.2) is 7.05 Å². The lowest BCUT2D eigenvalue weighted by Gasteiger charge is -2.23. The Kier molecular flexibility index (Phi) is 4.49. The molecule has 106 valence electrons. The topological polar surface area (TPSA) is 3.24 Å². The van der Waals surface area contributed by atoms with Crippen molar-refractivity contribution in [3.63, 3.8) is 0 Å². The Balaban J connectivity index is 2.45. The van der Waals surface area contributed by atoms with Crippen LogP contribution in [0.2, 0.25) is 0 Å². The number of para-hydroxylation sites is 1. The van der Waals surface area contributed by atoms with Crippen molar-refractivity contribution in [2.45, 2.75) is 39.5 Å². The molecule has 0 heterocycles. The third kappa shape index (κ3) is 3.22. The minimum Gasteiger partial charge on any atom is -0.345 e. The maximum atomic E-state index is 2.34. The molecule has 0 aliphatic rings. The lowest BCUT2D eigenvalue weighted by Crippen LogP contribution is -2.10. The van der Waals surface area contributed by atoms with Gasteiger partial charge in [0.1, 0.15) is 0 Å². The van der Waals surface area contributed by atoms with Gasteiger partial charge in [0.25, 0.3) is 0 Å². The Hall–Kier alpha value is -1.76. The van der Waals surface area contributed by atoms with Crippen LogP contribution in [0.5, 0.6) is 0 Å². The third-order valence-electron chi connectivity index (χ3n) is 3.83. The van der Waals surface area contributed by atoms with Gasteiger partial charge in [-0.15, -0.1) is 0 Å². The van der Waals surface area contributed by atoms with E-state index >= 15 is 0 Å². The molecule has 0 unspecified atom stereocenters. The van der Waals surface area contributed by atoms with Crippen LogP contribution >= 0.6 is 0 Å². The highest BCUT2D eigenvalue weighted by atomic mass is 15.1. The second-order valence-electron chi connectivity index (χ2n) is 6.06. The molecule has 2 aromatic carbocycles. The van der Waals surface area contributed by atoms with Crippen LogP contribution in [0.15, 0.2) is 48.5 Å². The minimum absolute atomic E-state index is 0.552. The molecule has 0 atom stereocenters. The molecular weight excluding hydrogens is 242 g/mol. The Morgan fingerprint density at radius 2 is 1.20 bits per heavy atom. The average molecular weight is 267 g/mol. The molecule has 0 bridgehead atoms. The molecule has 20 heavy (non-hydrogen) atoms. The molecule has 2 rings (SSSR count). The lowest BCUT2D eigenvalue weighted by atomic mass is 9.94. The molecule has 1 nitrogen and oxygen atoms in total. The number of hydrogen-bond donors (Lipinski definition) is 0. The molecule has 0 radical (unpaired) electrons. The van der Waals surface area contributed by atoms with Gasteiger partial charge in [-0.2, -0.15) is 0 Å². The number of nitrogens with zero attached hydrogens (tertiary/aromatic N) is 1. The number of hydrogen-bond acceptors (Lipinski definition) is 1. The van der Waals surface area contributed by atoms with Crippen molar-refractivity contribution < 1.29 is 0 Å². The van der Waals surface area contributed by atoms with Gasteiger partial charge < -0.3 is 4.90 Å². The monoisotopic (exact) mass is 267 g/mol. The second kappa shape index (κ2) is 6.13. The van der Waals surface area contributed by atoms with E-state index < -0.39 is 0 Å². The normalized spacial score (nSPS) is 11.2. The number of anilines is 2.